The van der Waals surface area contributed by atoms with Crippen molar-refractivity contribution >= 4 is 12.0 Å². The zero-order chi connectivity index (χ0) is 13.8. The lowest BCUT2D eigenvalue weighted by Crippen LogP contribution is -2.55. The summed E-state index contributed by atoms with van der Waals surface area (Å²) < 4.78 is 5.24. The third-order valence-electron chi connectivity index (χ3n) is 2.53. The van der Waals surface area contributed by atoms with E-state index in [4.69, 9.17) is 4.74 Å². The number of nitrogens with one attached hydrogen (secondary N) is 2. The minimum absolute atomic E-state index is 0.0202. The summed E-state index contributed by atoms with van der Waals surface area (Å²) in [6.07, 6.45) is -0.277. The fourth-order valence-corrected chi connectivity index (χ4v) is 1.66. The van der Waals surface area contributed by atoms with Crippen LogP contribution in [0, 0.1) is 5.92 Å². The van der Waals surface area contributed by atoms with Crippen LogP contribution in [0.25, 0.3) is 0 Å². The van der Waals surface area contributed by atoms with Crippen LogP contribution in [0.1, 0.15) is 20.8 Å². The van der Waals surface area contributed by atoms with Crippen LogP contribution >= 0.6 is 0 Å². The molecule has 0 spiro atoms. The zero-order valence-electron chi connectivity index (χ0n) is 11.6. The topological polar surface area (TPSA) is 70.7 Å². The average molecular weight is 257 g/mol. The number of carbonyl (C=O) groups is 2. The second-order valence-corrected chi connectivity index (χ2v) is 5.59. The van der Waals surface area contributed by atoms with Crippen LogP contribution in [-0.4, -0.2) is 55.7 Å². The molecule has 1 rings (SSSR count). The quantitative estimate of drug-likeness (QED) is 0.754. The van der Waals surface area contributed by atoms with Gasteiger partial charge in [0, 0.05) is 25.6 Å². The summed E-state index contributed by atoms with van der Waals surface area (Å²) in [6, 6.07) is 0. The van der Waals surface area contributed by atoms with Crippen LogP contribution in [0.3, 0.4) is 0 Å². The highest BCUT2D eigenvalue weighted by molar-refractivity contribution is 5.78. The number of rotatable bonds is 4. The second-order valence-electron chi connectivity index (χ2n) is 5.59. The van der Waals surface area contributed by atoms with Crippen LogP contribution in [0.2, 0.25) is 0 Å². The normalized spacial score (nSPS) is 16.1. The van der Waals surface area contributed by atoms with Crippen molar-refractivity contribution < 1.29 is 14.3 Å². The molecule has 1 heterocycles. The molecule has 104 valence electrons. The van der Waals surface area contributed by atoms with Gasteiger partial charge in [-0.05, 0) is 27.8 Å². The molecule has 6 nitrogen and oxygen atoms in total. The second kappa shape index (κ2) is 6.04. The van der Waals surface area contributed by atoms with Crippen LogP contribution in [0.5, 0.6) is 0 Å². The first-order valence-corrected chi connectivity index (χ1v) is 6.21. The summed E-state index contributed by atoms with van der Waals surface area (Å²) in [6.45, 7) is 7.77. The van der Waals surface area contributed by atoms with E-state index in [1.165, 1.54) is 0 Å². The van der Waals surface area contributed by atoms with E-state index in [0.717, 1.165) is 0 Å². The SMILES string of the molecule is CNCC(=O)NCC1CN(C(=O)OC(C)(C)C)C1. The molecule has 2 amide bonds. The van der Waals surface area contributed by atoms with Crippen LogP contribution in [-0.2, 0) is 9.53 Å². The number of nitrogens with zero attached hydrogens (tertiary/aromatic N) is 1. The molecular formula is C12H23N3O3. The third-order valence-corrected chi connectivity index (χ3v) is 2.53. The maximum atomic E-state index is 11.6. The predicted molar refractivity (Wildman–Crippen MR) is 68.2 cm³/mol. The Kier molecular flexibility index (Phi) is 4.95. The van der Waals surface area contributed by atoms with Gasteiger partial charge in [-0.15, -0.1) is 0 Å². The molecule has 0 aromatic rings. The summed E-state index contributed by atoms with van der Waals surface area (Å²) in [7, 11) is 1.73. The molecule has 1 saturated heterocycles. The Bertz CT molecular complexity index is 306. The molecule has 0 aromatic heterocycles. The van der Waals surface area contributed by atoms with Crippen molar-refractivity contribution in [1.82, 2.24) is 15.5 Å². The molecule has 0 bridgehead atoms. The largest absolute Gasteiger partial charge is 0.444 e. The molecule has 1 fully saturated rings. The van der Waals surface area contributed by atoms with Crippen molar-refractivity contribution in [2.45, 2.75) is 26.4 Å². The number of hydrogen-bond donors (Lipinski definition) is 2. The Morgan fingerprint density at radius 2 is 1.94 bits per heavy atom. The van der Waals surface area contributed by atoms with Gasteiger partial charge in [0.05, 0.1) is 6.54 Å². The molecule has 0 atom stereocenters. The molecular weight excluding hydrogens is 234 g/mol. The minimum Gasteiger partial charge on any atom is -0.444 e. The van der Waals surface area contributed by atoms with Gasteiger partial charge in [-0.1, -0.05) is 0 Å². The molecule has 0 aliphatic carbocycles. The van der Waals surface area contributed by atoms with Gasteiger partial charge in [0.25, 0.3) is 0 Å². The number of ether oxygens (including phenoxy) is 1. The molecule has 6 heteroatoms. The Morgan fingerprint density at radius 1 is 1.33 bits per heavy atom. The summed E-state index contributed by atoms with van der Waals surface area (Å²) in [5, 5.41) is 5.60. The van der Waals surface area contributed by atoms with E-state index in [1.54, 1.807) is 11.9 Å². The number of hydrogen-bond acceptors (Lipinski definition) is 4. The molecule has 0 unspecified atom stereocenters. The first-order chi connectivity index (χ1) is 8.31. The number of likely N-dealkylation sites (N-methyl/N-ethyl adjacent to an activating group) is 1. The molecule has 18 heavy (non-hydrogen) atoms. The van der Waals surface area contributed by atoms with E-state index in [0.29, 0.717) is 32.1 Å². The Balaban J connectivity index is 2.16. The standard InChI is InChI=1S/C12H23N3O3/c1-12(2,3)18-11(17)15-7-9(8-15)5-14-10(16)6-13-4/h9,13H,5-8H2,1-4H3,(H,14,16). The Hall–Kier alpha value is -1.30. The van der Waals surface area contributed by atoms with Gasteiger partial charge in [0.15, 0.2) is 0 Å². The lowest BCUT2D eigenvalue weighted by molar-refractivity contribution is -0.120. The van der Waals surface area contributed by atoms with E-state index < -0.39 is 5.60 Å². The highest BCUT2D eigenvalue weighted by Crippen LogP contribution is 2.18. The number of carbonyl (C=O) groups excluding carboxylic acids is 2. The van der Waals surface area contributed by atoms with Crippen molar-refractivity contribution in [2.24, 2.45) is 5.92 Å². The number of likely N-dealkylation sites (tertiary alicyclic amines) is 1. The monoisotopic (exact) mass is 257 g/mol. The van der Waals surface area contributed by atoms with E-state index in [2.05, 4.69) is 10.6 Å². The van der Waals surface area contributed by atoms with Gasteiger partial charge >= 0.3 is 6.09 Å². The average Bonchev–Trinajstić information content (AvgIpc) is 2.12. The van der Waals surface area contributed by atoms with Crippen molar-refractivity contribution in [2.75, 3.05) is 33.2 Å². The van der Waals surface area contributed by atoms with Crippen LogP contribution < -0.4 is 10.6 Å². The van der Waals surface area contributed by atoms with Gasteiger partial charge < -0.3 is 20.3 Å². The molecule has 1 aliphatic rings. The molecule has 0 aromatic carbocycles. The zero-order valence-corrected chi connectivity index (χ0v) is 11.6. The molecule has 0 radical (unpaired) electrons. The maximum Gasteiger partial charge on any atom is 0.410 e. The summed E-state index contributed by atoms with van der Waals surface area (Å²) in [5.41, 5.74) is -0.455. The summed E-state index contributed by atoms with van der Waals surface area (Å²) in [4.78, 5) is 24.5. The van der Waals surface area contributed by atoms with Crippen molar-refractivity contribution in [1.29, 1.82) is 0 Å². The molecule has 1 aliphatic heterocycles. The fraction of sp³-hybridized carbons (Fsp3) is 0.833. The van der Waals surface area contributed by atoms with Crippen molar-refractivity contribution in [3.05, 3.63) is 0 Å². The Labute approximate surface area is 108 Å². The fourth-order valence-electron chi connectivity index (χ4n) is 1.66. The van der Waals surface area contributed by atoms with Gasteiger partial charge in [-0.3, -0.25) is 4.79 Å². The Morgan fingerprint density at radius 3 is 2.44 bits per heavy atom. The smallest absolute Gasteiger partial charge is 0.410 e. The van der Waals surface area contributed by atoms with Gasteiger partial charge in [0.2, 0.25) is 5.91 Å². The minimum atomic E-state index is -0.455. The first kappa shape index (κ1) is 14.8. The van der Waals surface area contributed by atoms with E-state index in [1.807, 2.05) is 20.8 Å². The lowest BCUT2D eigenvalue weighted by atomic mass is 10.0. The molecule has 0 saturated carbocycles. The number of amides is 2. The van der Waals surface area contributed by atoms with Gasteiger partial charge in [-0.25, -0.2) is 4.79 Å². The predicted octanol–water partition coefficient (Wildman–Crippen LogP) is 0.189. The van der Waals surface area contributed by atoms with E-state index >= 15 is 0 Å². The first-order valence-electron chi connectivity index (χ1n) is 6.21. The summed E-state index contributed by atoms with van der Waals surface area (Å²) >= 11 is 0. The lowest BCUT2D eigenvalue weighted by Gasteiger charge is -2.39. The highest BCUT2D eigenvalue weighted by Gasteiger charge is 2.33. The van der Waals surface area contributed by atoms with E-state index in [9.17, 15) is 9.59 Å². The van der Waals surface area contributed by atoms with Gasteiger partial charge in [0.1, 0.15) is 5.60 Å². The maximum absolute atomic E-state index is 11.6. The van der Waals surface area contributed by atoms with Crippen molar-refractivity contribution in [3.8, 4) is 0 Å². The van der Waals surface area contributed by atoms with Crippen LogP contribution in [0.15, 0.2) is 0 Å². The van der Waals surface area contributed by atoms with Crippen LogP contribution in [0.4, 0.5) is 4.79 Å². The summed E-state index contributed by atoms with van der Waals surface area (Å²) in [5.74, 6) is 0.312. The van der Waals surface area contributed by atoms with E-state index in [-0.39, 0.29) is 12.0 Å². The highest BCUT2D eigenvalue weighted by atomic mass is 16.6. The third kappa shape index (κ3) is 4.91. The van der Waals surface area contributed by atoms with Gasteiger partial charge in [-0.2, -0.15) is 0 Å². The van der Waals surface area contributed by atoms with Crippen molar-refractivity contribution in [3.63, 3.8) is 0 Å². The molecule has 2 N–H and O–H groups in total.